The molecule has 1 atom stereocenters. The summed E-state index contributed by atoms with van der Waals surface area (Å²) < 4.78 is 50.8. The number of hydrogen-bond acceptors (Lipinski definition) is 4. The van der Waals surface area contributed by atoms with Crippen LogP contribution in [-0.4, -0.2) is 37.6 Å². The molecule has 0 aliphatic carbocycles. The lowest BCUT2D eigenvalue weighted by atomic mass is 10.2. The summed E-state index contributed by atoms with van der Waals surface area (Å²) in [6.45, 7) is 11.4. The van der Waals surface area contributed by atoms with E-state index in [1.807, 2.05) is 13.8 Å². The fourth-order valence-electron chi connectivity index (χ4n) is 2.14. The largest absolute Gasteiger partial charge is 0.300 e. The van der Waals surface area contributed by atoms with Gasteiger partial charge in [0, 0.05) is 30.8 Å². The van der Waals surface area contributed by atoms with E-state index in [4.69, 9.17) is 0 Å². The fraction of sp³-hybridized carbons (Fsp3) is 0.333. The van der Waals surface area contributed by atoms with E-state index in [0.29, 0.717) is 11.5 Å². The smallest absolute Gasteiger partial charge is 0.175 e. The molecule has 0 bridgehead atoms. The van der Waals surface area contributed by atoms with Crippen LogP contribution in [-0.2, 0) is 9.84 Å². The van der Waals surface area contributed by atoms with Gasteiger partial charge in [-0.1, -0.05) is 26.5 Å². The van der Waals surface area contributed by atoms with Crippen molar-refractivity contribution in [1.29, 1.82) is 0 Å². The zero-order chi connectivity index (χ0) is 22.4. The number of rotatable bonds is 7. The Bertz CT molecular complexity index is 883. The first-order chi connectivity index (χ1) is 13.8. The molecule has 29 heavy (non-hydrogen) atoms. The van der Waals surface area contributed by atoms with Crippen molar-refractivity contribution in [2.45, 2.75) is 38.3 Å². The second-order valence-electron chi connectivity index (χ2n) is 5.47. The van der Waals surface area contributed by atoms with Crippen molar-refractivity contribution in [3.63, 3.8) is 0 Å². The Kier molecular flexibility index (Phi) is 12.3. The lowest BCUT2D eigenvalue weighted by Crippen LogP contribution is -1.99. The van der Waals surface area contributed by atoms with Crippen LogP contribution in [0.1, 0.15) is 44.9 Å². The van der Waals surface area contributed by atoms with Crippen molar-refractivity contribution in [2.75, 3.05) is 12.9 Å². The number of nitrogens with zero attached hydrogens (tertiary/aromatic N) is 3. The minimum absolute atomic E-state index is 0.155. The normalized spacial score (nSPS) is 11.7. The monoisotopic (exact) mass is 425 g/mol. The SMILES string of the molecule is C/C=C/c1nc(C(F)CCF)cn1-c1ccc(S(C)(=O)=O)cc1.C=CN=C.CC. The van der Waals surface area contributed by atoms with Gasteiger partial charge in [0.1, 0.15) is 12.0 Å². The lowest BCUT2D eigenvalue weighted by molar-refractivity contribution is 0.284. The molecule has 8 heteroatoms. The van der Waals surface area contributed by atoms with Gasteiger partial charge in [0.2, 0.25) is 0 Å². The summed E-state index contributed by atoms with van der Waals surface area (Å²) in [5, 5.41) is 0. The Morgan fingerprint density at radius 3 is 2.24 bits per heavy atom. The van der Waals surface area contributed by atoms with E-state index in [1.165, 1.54) is 24.5 Å². The Balaban J connectivity index is 0.00000116. The third kappa shape index (κ3) is 8.51. The van der Waals surface area contributed by atoms with Crippen LogP contribution >= 0.6 is 0 Å². The second kappa shape index (κ2) is 13.5. The van der Waals surface area contributed by atoms with Crippen LogP contribution in [0.2, 0.25) is 0 Å². The Hall–Kier alpha value is -2.61. The molecular weight excluding hydrogens is 396 g/mol. The van der Waals surface area contributed by atoms with Gasteiger partial charge >= 0.3 is 0 Å². The summed E-state index contributed by atoms with van der Waals surface area (Å²) in [6, 6.07) is 6.21. The number of aliphatic imine (C=N–C) groups is 1. The van der Waals surface area contributed by atoms with E-state index in [2.05, 4.69) is 23.3 Å². The molecule has 0 radical (unpaired) electrons. The molecule has 5 nitrogen and oxygen atoms in total. The molecule has 1 heterocycles. The van der Waals surface area contributed by atoms with Gasteiger partial charge in [0.05, 0.1) is 17.3 Å². The molecule has 1 unspecified atom stereocenters. The van der Waals surface area contributed by atoms with E-state index >= 15 is 0 Å². The Morgan fingerprint density at radius 2 is 1.83 bits per heavy atom. The highest BCUT2D eigenvalue weighted by molar-refractivity contribution is 7.90. The van der Waals surface area contributed by atoms with Gasteiger partial charge in [-0.25, -0.2) is 17.8 Å². The van der Waals surface area contributed by atoms with Gasteiger partial charge in [-0.15, -0.1) is 0 Å². The highest BCUT2D eigenvalue weighted by atomic mass is 32.2. The third-order valence-electron chi connectivity index (χ3n) is 3.42. The zero-order valence-corrected chi connectivity index (χ0v) is 18.2. The van der Waals surface area contributed by atoms with E-state index in [1.54, 1.807) is 35.8 Å². The average molecular weight is 426 g/mol. The lowest BCUT2D eigenvalue weighted by Gasteiger charge is -2.06. The molecule has 0 saturated heterocycles. The van der Waals surface area contributed by atoms with Crippen molar-refractivity contribution in [2.24, 2.45) is 4.99 Å². The molecule has 0 saturated carbocycles. The van der Waals surface area contributed by atoms with Crippen molar-refractivity contribution in [1.82, 2.24) is 9.55 Å². The van der Waals surface area contributed by atoms with Gasteiger partial charge < -0.3 is 0 Å². The first-order valence-corrected chi connectivity index (χ1v) is 11.0. The first-order valence-electron chi connectivity index (χ1n) is 9.07. The summed E-state index contributed by atoms with van der Waals surface area (Å²) in [7, 11) is -3.28. The summed E-state index contributed by atoms with van der Waals surface area (Å²) >= 11 is 0. The minimum atomic E-state index is -3.28. The predicted octanol–water partition coefficient (Wildman–Crippen LogP) is 5.54. The Morgan fingerprint density at radius 1 is 1.28 bits per heavy atom. The fourth-order valence-corrected chi connectivity index (χ4v) is 2.77. The number of benzene rings is 1. The third-order valence-corrected chi connectivity index (χ3v) is 4.55. The molecule has 1 aromatic heterocycles. The van der Waals surface area contributed by atoms with Crippen LogP contribution in [0.25, 0.3) is 11.8 Å². The molecule has 160 valence electrons. The number of imidazole rings is 1. The summed E-state index contributed by atoms with van der Waals surface area (Å²) in [5.74, 6) is 0.496. The molecule has 0 aliphatic rings. The van der Waals surface area contributed by atoms with E-state index < -0.39 is 22.7 Å². The molecule has 0 N–H and O–H groups in total. The standard InChI is InChI=1S/C16H18F2N2O2S.C3H5N.C2H6/c1-3-4-16-19-15(14(18)9-10-17)11-20(16)12-5-7-13(8-6-12)23(2,21)22;1-3-4-2;1-2/h3-8,11,14H,9-10H2,1-2H3;3H,1-2H2;1-2H3/b4-3+;;. The average Bonchev–Trinajstić information content (AvgIpc) is 3.14. The molecular formula is C21H29F2N3O2S. The highest BCUT2D eigenvalue weighted by Crippen LogP contribution is 2.24. The van der Waals surface area contributed by atoms with Gasteiger partial charge in [0.25, 0.3) is 0 Å². The summed E-state index contributed by atoms with van der Waals surface area (Å²) in [5.41, 5.74) is 0.805. The van der Waals surface area contributed by atoms with Crippen LogP contribution < -0.4 is 0 Å². The highest BCUT2D eigenvalue weighted by Gasteiger charge is 2.16. The molecule has 2 rings (SSSR count). The summed E-state index contributed by atoms with van der Waals surface area (Å²) in [4.78, 5) is 7.64. The van der Waals surface area contributed by atoms with Gasteiger partial charge in [-0.2, -0.15) is 0 Å². The maximum absolute atomic E-state index is 13.9. The van der Waals surface area contributed by atoms with Crippen molar-refractivity contribution in [3.8, 4) is 5.69 Å². The van der Waals surface area contributed by atoms with Crippen LogP contribution in [0, 0.1) is 0 Å². The maximum atomic E-state index is 13.9. The predicted molar refractivity (Wildman–Crippen MR) is 117 cm³/mol. The van der Waals surface area contributed by atoms with Crippen molar-refractivity contribution < 1.29 is 17.2 Å². The number of hydrogen-bond donors (Lipinski definition) is 0. The number of aromatic nitrogens is 2. The molecule has 0 fully saturated rings. The minimum Gasteiger partial charge on any atom is -0.300 e. The first kappa shape index (κ1) is 26.4. The quantitative estimate of drug-likeness (QED) is 0.548. The topological polar surface area (TPSA) is 64.3 Å². The molecule has 2 aromatic rings. The maximum Gasteiger partial charge on any atom is 0.175 e. The van der Waals surface area contributed by atoms with E-state index in [9.17, 15) is 17.2 Å². The van der Waals surface area contributed by atoms with Crippen molar-refractivity contribution >= 4 is 22.6 Å². The molecule has 0 spiro atoms. The second-order valence-corrected chi connectivity index (χ2v) is 7.49. The molecule has 1 aromatic carbocycles. The number of halogens is 2. The van der Waals surface area contributed by atoms with Crippen LogP contribution in [0.3, 0.4) is 0 Å². The summed E-state index contributed by atoms with van der Waals surface area (Å²) in [6.07, 6.45) is 5.78. The number of sulfone groups is 1. The van der Waals surface area contributed by atoms with Crippen LogP contribution in [0.4, 0.5) is 8.78 Å². The number of allylic oxidation sites excluding steroid dienone is 1. The van der Waals surface area contributed by atoms with Gasteiger partial charge in [0.15, 0.2) is 9.84 Å². The van der Waals surface area contributed by atoms with Crippen molar-refractivity contribution in [3.05, 3.63) is 60.8 Å². The van der Waals surface area contributed by atoms with Crippen LogP contribution in [0.15, 0.2) is 59.2 Å². The van der Waals surface area contributed by atoms with Crippen LogP contribution in [0.5, 0.6) is 0 Å². The van der Waals surface area contributed by atoms with E-state index in [0.717, 1.165) is 6.26 Å². The number of alkyl halides is 2. The van der Waals surface area contributed by atoms with Gasteiger partial charge in [-0.3, -0.25) is 13.9 Å². The van der Waals surface area contributed by atoms with Gasteiger partial charge in [-0.05, 0) is 44.0 Å². The molecule has 0 amide bonds. The van der Waals surface area contributed by atoms with E-state index in [-0.39, 0.29) is 17.0 Å². The molecule has 0 aliphatic heterocycles. The Labute approximate surface area is 172 Å². The zero-order valence-electron chi connectivity index (χ0n) is 17.3.